The number of hydrogen-bond donors (Lipinski definition) is 1. The maximum atomic E-state index is 13.2. The first-order valence-electron chi connectivity index (χ1n) is 12.2. The van der Waals surface area contributed by atoms with Crippen LogP contribution in [0.5, 0.6) is 0 Å². The summed E-state index contributed by atoms with van der Waals surface area (Å²) < 4.78 is 1.95. The van der Waals surface area contributed by atoms with E-state index in [4.69, 9.17) is 0 Å². The molecule has 1 aromatic carbocycles. The lowest BCUT2D eigenvalue weighted by Gasteiger charge is -2.39. The van der Waals surface area contributed by atoms with Crippen molar-refractivity contribution in [3.05, 3.63) is 51.1 Å². The van der Waals surface area contributed by atoms with Crippen LogP contribution in [0.3, 0.4) is 0 Å². The number of rotatable bonds is 6. The number of aromatic nitrogens is 5. The maximum absolute atomic E-state index is 13.2. The van der Waals surface area contributed by atoms with Crippen LogP contribution in [0.1, 0.15) is 88.9 Å². The summed E-state index contributed by atoms with van der Waals surface area (Å²) in [6.07, 6.45) is 4.74. The van der Waals surface area contributed by atoms with E-state index in [1.807, 2.05) is 4.68 Å². The van der Waals surface area contributed by atoms with Crippen LogP contribution in [-0.2, 0) is 12.1 Å². The Morgan fingerprint density at radius 1 is 1.12 bits per heavy atom. The van der Waals surface area contributed by atoms with Crippen LogP contribution in [0.4, 0.5) is 0 Å². The average Bonchev–Trinajstić information content (AvgIpc) is 3.41. The van der Waals surface area contributed by atoms with E-state index in [1.54, 1.807) is 0 Å². The molecule has 0 radical (unpaired) electrons. The molecule has 33 heavy (non-hydrogen) atoms. The van der Waals surface area contributed by atoms with Crippen molar-refractivity contribution in [3.63, 3.8) is 0 Å². The number of H-pyrrole nitrogens is 1. The summed E-state index contributed by atoms with van der Waals surface area (Å²) in [5, 5.41) is 14.0. The van der Waals surface area contributed by atoms with Gasteiger partial charge in [0.1, 0.15) is 0 Å². The first kappa shape index (κ1) is 23.6. The molecule has 1 atom stereocenters. The Morgan fingerprint density at radius 3 is 2.42 bits per heavy atom. The molecule has 0 bridgehead atoms. The molecule has 2 aromatic heterocycles. The predicted molar refractivity (Wildman–Crippen MR) is 132 cm³/mol. The smallest absolute Gasteiger partial charge is 0.252 e. The minimum Gasteiger partial charge on any atom is -0.322 e. The summed E-state index contributed by atoms with van der Waals surface area (Å²) in [6, 6.07) is 6.75. The minimum absolute atomic E-state index is 0.00771. The van der Waals surface area contributed by atoms with Gasteiger partial charge in [-0.25, -0.2) is 4.68 Å². The normalized spacial score (nSPS) is 16.4. The van der Waals surface area contributed by atoms with Crippen LogP contribution < -0.4 is 5.56 Å². The number of benzene rings is 1. The number of nitrogens with zero attached hydrogens (tertiary/aromatic N) is 5. The standard InChI is InChI=1S/C26H38N6O/c1-16(2)23(24-28-29-30-32(24)26(5,6)7)31(21-10-8-9-11-21)15-20-14-19-12-17(3)18(4)13-22(19)27-25(20)33/h12-14,16,21,23H,8-11,15H2,1-7H3,(H,27,33)/t23-/m1/s1. The second-order valence-corrected chi connectivity index (χ2v) is 11.1. The second-order valence-electron chi connectivity index (χ2n) is 11.1. The molecule has 3 aromatic rings. The lowest BCUT2D eigenvalue weighted by Crippen LogP contribution is -2.42. The number of fused-ring (bicyclic) bond motifs is 1. The first-order chi connectivity index (χ1) is 15.6. The van der Waals surface area contributed by atoms with Crippen molar-refractivity contribution >= 4 is 10.9 Å². The number of tetrazole rings is 1. The summed E-state index contributed by atoms with van der Waals surface area (Å²) in [5.74, 6) is 1.18. The quantitative estimate of drug-likeness (QED) is 0.570. The molecule has 2 heterocycles. The SMILES string of the molecule is Cc1cc2cc(CN(C3CCCC3)[C@@H](c3nnnn3C(C)(C)C)C(C)C)c(=O)[nH]c2cc1C. The number of aromatic amines is 1. The Kier molecular flexibility index (Phi) is 6.45. The van der Waals surface area contributed by atoms with Crippen molar-refractivity contribution in [3.8, 4) is 0 Å². The van der Waals surface area contributed by atoms with E-state index in [0.717, 1.165) is 35.1 Å². The monoisotopic (exact) mass is 450 g/mol. The fourth-order valence-corrected chi connectivity index (χ4v) is 5.21. The van der Waals surface area contributed by atoms with Crippen molar-refractivity contribution in [2.75, 3.05) is 0 Å². The molecule has 1 aliphatic carbocycles. The van der Waals surface area contributed by atoms with E-state index in [-0.39, 0.29) is 17.1 Å². The van der Waals surface area contributed by atoms with E-state index in [0.29, 0.717) is 18.5 Å². The third-order valence-corrected chi connectivity index (χ3v) is 7.06. The molecule has 4 rings (SSSR count). The van der Waals surface area contributed by atoms with Crippen molar-refractivity contribution < 1.29 is 0 Å². The molecule has 1 saturated carbocycles. The highest BCUT2D eigenvalue weighted by molar-refractivity contribution is 5.80. The van der Waals surface area contributed by atoms with Crippen LogP contribution in [0, 0.1) is 19.8 Å². The van der Waals surface area contributed by atoms with Gasteiger partial charge in [-0.15, -0.1) is 5.10 Å². The van der Waals surface area contributed by atoms with Gasteiger partial charge in [0.25, 0.3) is 5.56 Å². The molecule has 1 aliphatic rings. The molecular formula is C26H38N6O. The Hall–Kier alpha value is -2.54. The molecule has 0 saturated heterocycles. The fourth-order valence-electron chi connectivity index (χ4n) is 5.21. The summed E-state index contributed by atoms with van der Waals surface area (Å²) in [5.41, 5.74) is 3.90. The number of nitrogens with one attached hydrogen (secondary N) is 1. The molecule has 0 amide bonds. The fraction of sp³-hybridized carbons (Fsp3) is 0.615. The summed E-state index contributed by atoms with van der Waals surface area (Å²) >= 11 is 0. The van der Waals surface area contributed by atoms with Gasteiger partial charge < -0.3 is 4.98 Å². The second kappa shape index (κ2) is 9.01. The molecule has 1 N–H and O–H groups in total. The number of hydrogen-bond acceptors (Lipinski definition) is 5. The van der Waals surface area contributed by atoms with Crippen molar-refractivity contribution in [2.45, 2.75) is 98.3 Å². The van der Waals surface area contributed by atoms with Gasteiger partial charge in [-0.1, -0.05) is 26.7 Å². The first-order valence-corrected chi connectivity index (χ1v) is 12.2. The van der Waals surface area contributed by atoms with Crippen LogP contribution in [0.2, 0.25) is 0 Å². The van der Waals surface area contributed by atoms with E-state index < -0.39 is 0 Å². The molecular weight excluding hydrogens is 412 g/mol. The third-order valence-electron chi connectivity index (χ3n) is 7.06. The van der Waals surface area contributed by atoms with E-state index >= 15 is 0 Å². The highest BCUT2D eigenvalue weighted by Crippen LogP contribution is 2.37. The maximum Gasteiger partial charge on any atom is 0.252 e. The molecule has 7 heteroatoms. The van der Waals surface area contributed by atoms with Gasteiger partial charge in [-0.05, 0) is 98.5 Å². The van der Waals surface area contributed by atoms with Crippen molar-refractivity contribution in [1.82, 2.24) is 30.1 Å². The Bertz CT molecular complexity index is 1180. The van der Waals surface area contributed by atoms with Gasteiger partial charge in [-0.3, -0.25) is 9.69 Å². The average molecular weight is 451 g/mol. The zero-order valence-corrected chi connectivity index (χ0v) is 21.1. The lowest BCUT2D eigenvalue weighted by molar-refractivity contribution is 0.0802. The van der Waals surface area contributed by atoms with Gasteiger partial charge in [0.15, 0.2) is 5.82 Å². The highest BCUT2D eigenvalue weighted by Gasteiger charge is 2.37. The van der Waals surface area contributed by atoms with E-state index in [1.165, 1.54) is 24.0 Å². The predicted octanol–water partition coefficient (Wildman–Crippen LogP) is 5.03. The number of aryl methyl sites for hydroxylation is 2. The van der Waals surface area contributed by atoms with E-state index in [9.17, 15) is 4.79 Å². The Morgan fingerprint density at radius 2 is 1.79 bits per heavy atom. The molecule has 1 fully saturated rings. The third kappa shape index (κ3) is 4.74. The zero-order chi connectivity index (χ0) is 23.9. The van der Waals surface area contributed by atoms with Crippen LogP contribution in [0.25, 0.3) is 10.9 Å². The van der Waals surface area contributed by atoms with Crippen LogP contribution >= 0.6 is 0 Å². The Balaban J connectivity index is 1.80. The minimum atomic E-state index is -0.219. The van der Waals surface area contributed by atoms with Crippen LogP contribution in [-0.4, -0.2) is 36.1 Å². The van der Waals surface area contributed by atoms with Gasteiger partial charge in [-0.2, -0.15) is 0 Å². The topological polar surface area (TPSA) is 79.7 Å². The molecule has 0 spiro atoms. The summed E-state index contributed by atoms with van der Waals surface area (Å²) in [4.78, 5) is 18.8. The van der Waals surface area contributed by atoms with Crippen molar-refractivity contribution in [2.24, 2.45) is 5.92 Å². The summed E-state index contributed by atoms with van der Waals surface area (Å²) in [7, 11) is 0. The van der Waals surface area contributed by atoms with Gasteiger partial charge in [0.2, 0.25) is 0 Å². The van der Waals surface area contributed by atoms with Crippen LogP contribution in [0.15, 0.2) is 23.0 Å². The molecule has 178 valence electrons. The summed E-state index contributed by atoms with van der Waals surface area (Å²) in [6.45, 7) is 15.6. The Labute approximate surface area is 196 Å². The number of pyridine rings is 1. The van der Waals surface area contributed by atoms with Gasteiger partial charge in [0.05, 0.1) is 11.6 Å². The lowest BCUT2D eigenvalue weighted by atomic mass is 9.96. The highest BCUT2D eigenvalue weighted by atomic mass is 16.1. The molecule has 0 aliphatic heterocycles. The zero-order valence-electron chi connectivity index (χ0n) is 21.1. The molecule has 0 unspecified atom stereocenters. The largest absolute Gasteiger partial charge is 0.322 e. The molecule has 7 nitrogen and oxygen atoms in total. The van der Waals surface area contributed by atoms with Gasteiger partial charge >= 0.3 is 0 Å². The van der Waals surface area contributed by atoms with Gasteiger partial charge in [0, 0.05) is 23.7 Å². The van der Waals surface area contributed by atoms with E-state index in [2.05, 4.69) is 92.1 Å². The van der Waals surface area contributed by atoms with Crippen molar-refractivity contribution in [1.29, 1.82) is 0 Å².